The van der Waals surface area contributed by atoms with E-state index in [0.717, 1.165) is 12.1 Å². The molecule has 2 heterocycles. The average molecular weight is 338 g/mol. The molecule has 1 aliphatic rings. The highest BCUT2D eigenvalue weighted by Crippen LogP contribution is 2.27. The van der Waals surface area contributed by atoms with Crippen LogP contribution in [0.2, 0.25) is 0 Å². The molecule has 2 atom stereocenters. The zero-order chi connectivity index (χ0) is 16.5. The van der Waals surface area contributed by atoms with Gasteiger partial charge in [-0.05, 0) is 12.1 Å². The van der Waals surface area contributed by atoms with Gasteiger partial charge < -0.3 is 10.4 Å². The number of pyridine rings is 1. The van der Waals surface area contributed by atoms with Crippen molar-refractivity contribution in [1.29, 1.82) is 0 Å². The minimum absolute atomic E-state index is 0.0948. The third-order valence-corrected chi connectivity index (χ3v) is 4.82. The number of aromatic nitrogens is 1. The summed E-state index contributed by atoms with van der Waals surface area (Å²) in [6.45, 7) is 0. The van der Waals surface area contributed by atoms with Crippen LogP contribution < -0.4 is 5.32 Å². The van der Waals surface area contributed by atoms with Crippen molar-refractivity contribution in [3.05, 3.63) is 29.6 Å². The summed E-state index contributed by atoms with van der Waals surface area (Å²) in [6.07, 6.45) is -6.27. The third kappa shape index (κ3) is 4.17. The van der Waals surface area contributed by atoms with Crippen LogP contribution in [0.25, 0.3) is 0 Å². The fourth-order valence-electron chi connectivity index (χ4n) is 2.13. The number of hydrogen-bond acceptors (Lipinski definition) is 5. The first kappa shape index (κ1) is 16.7. The zero-order valence-corrected chi connectivity index (χ0v) is 12.0. The lowest BCUT2D eigenvalue weighted by atomic mass is 10.2. The van der Waals surface area contributed by atoms with Crippen LogP contribution in [0.1, 0.15) is 11.4 Å². The molecule has 122 valence electrons. The molecule has 1 aromatic heterocycles. The molecule has 2 rings (SSSR count). The molecule has 1 aromatic rings. The van der Waals surface area contributed by atoms with Gasteiger partial charge in [-0.3, -0.25) is 4.79 Å². The normalized spacial score (nSPS) is 24.2. The van der Waals surface area contributed by atoms with Gasteiger partial charge in [0.05, 0.1) is 35.8 Å². The number of aliphatic hydroxyl groups is 1. The Labute approximate surface area is 124 Å². The Morgan fingerprint density at radius 2 is 2.05 bits per heavy atom. The number of rotatable bonds is 3. The van der Waals surface area contributed by atoms with E-state index < -0.39 is 57.7 Å². The maximum absolute atomic E-state index is 12.5. The van der Waals surface area contributed by atoms with Crippen molar-refractivity contribution in [1.82, 2.24) is 10.3 Å². The van der Waals surface area contributed by atoms with Gasteiger partial charge in [0.15, 0.2) is 9.84 Å². The molecule has 10 heteroatoms. The molecule has 0 unspecified atom stereocenters. The molecule has 6 nitrogen and oxygen atoms in total. The SMILES string of the molecule is O=C(Cc1cccc(C(F)(F)F)n1)N[C@@H]1CS(=O)(=O)C[C@H]1O. The van der Waals surface area contributed by atoms with Gasteiger partial charge in [-0.25, -0.2) is 13.4 Å². The number of alkyl halides is 3. The van der Waals surface area contributed by atoms with Crippen LogP contribution in [-0.2, 0) is 27.2 Å². The summed E-state index contributed by atoms with van der Waals surface area (Å²) in [6, 6.07) is 2.22. The summed E-state index contributed by atoms with van der Waals surface area (Å²) in [5.41, 5.74) is -1.20. The second-order valence-corrected chi connectivity index (χ2v) is 7.16. The highest BCUT2D eigenvalue weighted by molar-refractivity contribution is 7.91. The van der Waals surface area contributed by atoms with E-state index in [-0.39, 0.29) is 5.69 Å². The lowest BCUT2D eigenvalue weighted by molar-refractivity contribution is -0.141. The molecule has 0 saturated carbocycles. The summed E-state index contributed by atoms with van der Waals surface area (Å²) in [7, 11) is -3.42. The minimum Gasteiger partial charge on any atom is -0.390 e. The van der Waals surface area contributed by atoms with Gasteiger partial charge in [0.25, 0.3) is 0 Å². The number of nitrogens with zero attached hydrogens (tertiary/aromatic N) is 1. The van der Waals surface area contributed by atoms with E-state index in [9.17, 15) is 31.5 Å². The van der Waals surface area contributed by atoms with Gasteiger partial charge in [-0.2, -0.15) is 13.2 Å². The van der Waals surface area contributed by atoms with Crippen molar-refractivity contribution in [3.8, 4) is 0 Å². The number of halogens is 3. The van der Waals surface area contributed by atoms with Crippen molar-refractivity contribution < 1.29 is 31.5 Å². The lowest BCUT2D eigenvalue weighted by Gasteiger charge is -2.15. The maximum atomic E-state index is 12.5. The quantitative estimate of drug-likeness (QED) is 0.803. The summed E-state index contributed by atoms with van der Waals surface area (Å²) >= 11 is 0. The fourth-order valence-corrected chi connectivity index (χ4v) is 3.87. The van der Waals surface area contributed by atoms with Crippen LogP contribution in [0.15, 0.2) is 18.2 Å². The fraction of sp³-hybridized carbons (Fsp3) is 0.500. The van der Waals surface area contributed by atoms with Crippen molar-refractivity contribution in [2.75, 3.05) is 11.5 Å². The number of amides is 1. The molecule has 1 saturated heterocycles. The molecule has 0 aromatic carbocycles. The molecular formula is C12H13F3N2O4S. The largest absolute Gasteiger partial charge is 0.433 e. The highest BCUT2D eigenvalue weighted by Gasteiger charge is 2.37. The molecule has 0 radical (unpaired) electrons. The molecule has 0 bridgehead atoms. The second kappa shape index (κ2) is 5.84. The number of nitrogens with one attached hydrogen (secondary N) is 1. The first-order chi connectivity index (χ1) is 10.1. The predicted octanol–water partition coefficient (Wildman–Crippen LogP) is -0.0830. The van der Waals surface area contributed by atoms with Gasteiger partial charge in [0.1, 0.15) is 5.69 Å². The van der Waals surface area contributed by atoms with Crippen LogP contribution >= 0.6 is 0 Å². The second-order valence-electron chi connectivity index (χ2n) is 5.01. The number of sulfone groups is 1. The molecular weight excluding hydrogens is 325 g/mol. The van der Waals surface area contributed by atoms with Gasteiger partial charge in [0, 0.05) is 0 Å². The molecule has 0 aliphatic carbocycles. The number of aliphatic hydroxyl groups excluding tert-OH is 1. The monoisotopic (exact) mass is 338 g/mol. The van der Waals surface area contributed by atoms with E-state index in [1.165, 1.54) is 6.07 Å². The Bertz CT molecular complexity index is 675. The van der Waals surface area contributed by atoms with Crippen molar-refractivity contribution in [2.45, 2.75) is 24.7 Å². The number of carbonyl (C=O) groups excluding carboxylic acids is 1. The highest BCUT2D eigenvalue weighted by atomic mass is 32.2. The van der Waals surface area contributed by atoms with Crippen molar-refractivity contribution in [2.24, 2.45) is 0 Å². The van der Waals surface area contributed by atoms with Crippen LogP contribution in [0.5, 0.6) is 0 Å². The maximum Gasteiger partial charge on any atom is 0.433 e. The molecule has 1 amide bonds. The summed E-state index contributed by atoms with van der Waals surface area (Å²) in [4.78, 5) is 15.1. The molecule has 22 heavy (non-hydrogen) atoms. The van der Waals surface area contributed by atoms with Crippen molar-refractivity contribution >= 4 is 15.7 Å². The van der Waals surface area contributed by atoms with E-state index in [4.69, 9.17) is 0 Å². The van der Waals surface area contributed by atoms with Gasteiger partial charge in [-0.15, -0.1) is 0 Å². The van der Waals surface area contributed by atoms with Gasteiger partial charge >= 0.3 is 6.18 Å². The van der Waals surface area contributed by atoms with Crippen LogP contribution in [0, 0.1) is 0 Å². The van der Waals surface area contributed by atoms with Crippen LogP contribution in [0.4, 0.5) is 13.2 Å². The third-order valence-electron chi connectivity index (χ3n) is 3.11. The summed E-state index contributed by atoms with van der Waals surface area (Å²) in [5, 5.41) is 11.8. The number of hydrogen-bond donors (Lipinski definition) is 2. The van der Waals surface area contributed by atoms with Crippen molar-refractivity contribution in [3.63, 3.8) is 0 Å². The Morgan fingerprint density at radius 3 is 2.59 bits per heavy atom. The topological polar surface area (TPSA) is 96.4 Å². The van der Waals surface area contributed by atoms with E-state index in [2.05, 4.69) is 10.3 Å². The summed E-state index contributed by atoms with van der Waals surface area (Å²) in [5.74, 6) is -1.54. The first-order valence-corrected chi connectivity index (χ1v) is 8.10. The molecule has 1 aliphatic heterocycles. The Hall–Kier alpha value is -1.68. The van der Waals surface area contributed by atoms with Gasteiger partial charge in [-0.1, -0.05) is 6.07 Å². The Balaban J connectivity index is 2.01. The van der Waals surface area contributed by atoms with Crippen LogP contribution in [0.3, 0.4) is 0 Å². The molecule has 0 spiro atoms. The smallest absolute Gasteiger partial charge is 0.390 e. The van der Waals surface area contributed by atoms with E-state index in [0.29, 0.717) is 0 Å². The Kier molecular flexibility index (Phi) is 4.43. The average Bonchev–Trinajstić information content (AvgIpc) is 2.61. The van der Waals surface area contributed by atoms with E-state index in [1.807, 2.05) is 0 Å². The summed E-state index contributed by atoms with van der Waals surface area (Å²) < 4.78 is 60.1. The van der Waals surface area contributed by atoms with E-state index in [1.54, 1.807) is 0 Å². The number of carbonyl (C=O) groups is 1. The lowest BCUT2D eigenvalue weighted by Crippen LogP contribution is -2.43. The first-order valence-electron chi connectivity index (χ1n) is 6.28. The Morgan fingerprint density at radius 1 is 1.36 bits per heavy atom. The standard InChI is InChI=1S/C12H13F3N2O4S/c13-12(14,15)10-3-1-2-7(16-10)4-11(19)17-8-5-22(20,21)6-9(8)18/h1-3,8-9,18H,4-6H2,(H,17,19)/t8-,9-/m1/s1. The predicted molar refractivity (Wildman–Crippen MR) is 69.5 cm³/mol. The van der Waals surface area contributed by atoms with Gasteiger partial charge in [0.2, 0.25) is 5.91 Å². The zero-order valence-electron chi connectivity index (χ0n) is 11.2. The van der Waals surface area contributed by atoms with Crippen LogP contribution in [-0.4, -0.2) is 48.1 Å². The molecule has 1 fully saturated rings. The molecule has 2 N–H and O–H groups in total. The van der Waals surface area contributed by atoms with E-state index >= 15 is 0 Å². The minimum atomic E-state index is -4.61.